The van der Waals surface area contributed by atoms with Gasteiger partial charge >= 0.3 is 0 Å². The molecule has 5 rings (SSSR count). The number of para-hydroxylation sites is 1. The fraction of sp³-hybridized carbons (Fsp3) is 0.517. The average Bonchev–Trinajstić information content (AvgIpc) is 3.36. The molecule has 1 aliphatic carbocycles. The highest BCUT2D eigenvalue weighted by Crippen LogP contribution is 2.65. The molecule has 37 heavy (non-hydrogen) atoms. The number of fused-ring (bicyclic) bond motifs is 1. The number of benzene rings is 1. The third-order valence-electron chi connectivity index (χ3n) is 8.05. The van der Waals surface area contributed by atoms with Crippen LogP contribution in [0.1, 0.15) is 77.6 Å². The van der Waals surface area contributed by atoms with Crippen molar-refractivity contribution >= 4 is 17.8 Å². The molecular formula is C29H37N5O3. The van der Waals surface area contributed by atoms with Crippen molar-refractivity contribution in [1.29, 1.82) is 0 Å². The molecule has 8 nitrogen and oxygen atoms in total. The third kappa shape index (κ3) is 4.58. The lowest BCUT2D eigenvalue weighted by Gasteiger charge is -2.39. The first-order valence-corrected chi connectivity index (χ1v) is 13.0. The van der Waals surface area contributed by atoms with E-state index in [0.717, 1.165) is 16.9 Å². The van der Waals surface area contributed by atoms with Crippen LogP contribution >= 0.6 is 0 Å². The van der Waals surface area contributed by atoms with E-state index < -0.39 is 17.2 Å². The van der Waals surface area contributed by atoms with E-state index >= 15 is 0 Å². The van der Waals surface area contributed by atoms with E-state index in [1.807, 2.05) is 64.1 Å². The predicted molar refractivity (Wildman–Crippen MR) is 142 cm³/mol. The first kappa shape index (κ1) is 25.2. The highest BCUT2D eigenvalue weighted by Gasteiger charge is 2.67. The normalized spacial score (nSPS) is 27.8. The van der Waals surface area contributed by atoms with Crippen LogP contribution in [0.5, 0.6) is 5.75 Å². The topological polar surface area (TPSA) is 110 Å². The summed E-state index contributed by atoms with van der Waals surface area (Å²) < 4.78 is 6.16. The third-order valence-corrected chi connectivity index (χ3v) is 8.05. The van der Waals surface area contributed by atoms with E-state index in [1.54, 1.807) is 17.3 Å². The molecule has 4 atom stereocenters. The Hall–Kier alpha value is -3.42. The molecule has 196 valence electrons. The fourth-order valence-electron chi connectivity index (χ4n) is 6.31. The van der Waals surface area contributed by atoms with E-state index in [-0.39, 0.29) is 47.5 Å². The molecule has 0 spiro atoms. The molecule has 0 radical (unpaired) electrons. The number of aliphatic imine (C=N–C) groups is 1. The van der Waals surface area contributed by atoms with Gasteiger partial charge in [0.2, 0.25) is 11.8 Å². The summed E-state index contributed by atoms with van der Waals surface area (Å²) in [5.41, 5.74) is 6.92. The smallest absolute Gasteiger partial charge is 0.232 e. The summed E-state index contributed by atoms with van der Waals surface area (Å²) in [5.74, 6) is 0.409. The second-order valence-corrected chi connectivity index (χ2v) is 12.4. The van der Waals surface area contributed by atoms with Gasteiger partial charge in [-0.05, 0) is 50.8 Å². The van der Waals surface area contributed by atoms with Crippen molar-refractivity contribution in [2.75, 3.05) is 0 Å². The van der Waals surface area contributed by atoms with Gasteiger partial charge in [0.1, 0.15) is 11.4 Å². The van der Waals surface area contributed by atoms with Crippen LogP contribution in [0.15, 0.2) is 53.8 Å². The number of amides is 2. The van der Waals surface area contributed by atoms with E-state index in [4.69, 9.17) is 10.5 Å². The van der Waals surface area contributed by atoms with E-state index in [2.05, 4.69) is 29.1 Å². The number of nitrogens with two attached hydrogens (primary N) is 1. The number of hydrogen-bond acceptors (Lipinski definition) is 6. The predicted octanol–water partition coefficient (Wildman–Crippen LogP) is 4.14. The number of pyridine rings is 1. The van der Waals surface area contributed by atoms with Crippen LogP contribution in [0.25, 0.3) is 0 Å². The number of carbonyl (C=O) groups is 2. The van der Waals surface area contributed by atoms with Crippen molar-refractivity contribution in [3.05, 3.63) is 59.9 Å². The molecule has 8 heteroatoms. The van der Waals surface area contributed by atoms with E-state index in [9.17, 15) is 9.59 Å². The summed E-state index contributed by atoms with van der Waals surface area (Å²) >= 11 is 0. The number of aromatic nitrogens is 1. The quantitative estimate of drug-likeness (QED) is 0.637. The van der Waals surface area contributed by atoms with Gasteiger partial charge in [-0.25, -0.2) is 4.99 Å². The summed E-state index contributed by atoms with van der Waals surface area (Å²) in [7, 11) is 0. The van der Waals surface area contributed by atoms with Crippen LogP contribution < -0.4 is 15.8 Å². The van der Waals surface area contributed by atoms with E-state index in [1.165, 1.54) is 0 Å². The van der Waals surface area contributed by atoms with Crippen molar-refractivity contribution in [1.82, 2.24) is 15.2 Å². The van der Waals surface area contributed by atoms with Gasteiger partial charge in [-0.3, -0.25) is 19.5 Å². The Labute approximate surface area is 218 Å². The standard InChI is InChI=1S/C29H37N5O3/c1-27(2)15-21(35)34(26(30)33-27)24(17-10-9-13-31-16-17)22-23(29(22,5)6)25(36)32-19-14-28(3,4)37-20-12-8-7-11-18(19)20/h7-13,16,19,22-24H,14-15H2,1-6H3,(H2,30,33)(H,32,36)/t19-,22-,23-,24+/m0/s1. The molecule has 3 aliphatic rings. The molecule has 1 fully saturated rings. The first-order valence-electron chi connectivity index (χ1n) is 13.0. The zero-order valence-corrected chi connectivity index (χ0v) is 22.5. The van der Waals surface area contributed by atoms with E-state index in [0.29, 0.717) is 6.42 Å². The summed E-state index contributed by atoms with van der Waals surface area (Å²) in [6, 6.07) is 11.1. The number of hydrogen-bond donors (Lipinski definition) is 2. The number of rotatable bonds is 5. The van der Waals surface area contributed by atoms with Gasteiger partial charge in [-0.2, -0.15) is 0 Å². The minimum atomic E-state index is -0.559. The molecule has 3 heterocycles. The maximum Gasteiger partial charge on any atom is 0.232 e. The fourth-order valence-corrected chi connectivity index (χ4v) is 6.31. The molecule has 2 aliphatic heterocycles. The summed E-state index contributed by atoms with van der Waals surface area (Å²) in [6.07, 6.45) is 4.37. The lowest BCUT2D eigenvalue weighted by atomic mass is 9.89. The van der Waals surface area contributed by atoms with Crippen LogP contribution in [0.3, 0.4) is 0 Å². The number of carbonyl (C=O) groups excluding carboxylic acids is 2. The average molecular weight is 504 g/mol. The maximum absolute atomic E-state index is 13.9. The molecule has 1 aromatic heterocycles. The summed E-state index contributed by atoms with van der Waals surface area (Å²) in [5, 5.41) is 3.32. The lowest BCUT2D eigenvalue weighted by molar-refractivity contribution is -0.132. The van der Waals surface area contributed by atoms with Crippen LogP contribution in [0.4, 0.5) is 0 Å². The van der Waals surface area contributed by atoms with Gasteiger partial charge in [0.05, 0.1) is 24.0 Å². The minimum Gasteiger partial charge on any atom is -0.487 e. The Morgan fingerprint density at radius 1 is 1.14 bits per heavy atom. The van der Waals surface area contributed by atoms with Crippen molar-refractivity contribution in [2.45, 2.75) is 77.6 Å². The summed E-state index contributed by atoms with van der Waals surface area (Å²) in [6.45, 7) is 12.0. The molecule has 0 bridgehead atoms. The maximum atomic E-state index is 13.9. The lowest BCUT2D eigenvalue weighted by Crippen LogP contribution is -2.52. The largest absolute Gasteiger partial charge is 0.487 e. The Morgan fingerprint density at radius 2 is 1.86 bits per heavy atom. The monoisotopic (exact) mass is 503 g/mol. The van der Waals surface area contributed by atoms with Gasteiger partial charge in [0, 0.05) is 36.2 Å². The highest BCUT2D eigenvalue weighted by molar-refractivity contribution is 5.99. The molecule has 0 unspecified atom stereocenters. The first-order chi connectivity index (χ1) is 17.3. The van der Waals surface area contributed by atoms with Crippen LogP contribution in [0, 0.1) is 17.3 Å². The molecule has 2 aromatic rings. The van der Waals surface area contributed by atoms with Crippen LogP contribution in [0.2, 0.25) is 0 Å². The molecule has 1 saturated carbocycles. The number of ether oxygens (including phenoxy) is 1. The Bertz CT molecular complexity index is 1250. The van der Waals surface area contributed by atoms with Crippen LogP contribution in [-0.2, 0) is 9.59 Å². The van der Waals surface area contributed by atoms with Gasteiger partial charge in [0.25, 0.3) is 0 Å². The van der Waals surface area contributed by atoms with Crippen molar-refractivity contribution in [3.63, 3.8) is 0 Å². The number of nitrogens with one attached hydrogen (secondary N) is 1. The molecule has 0 saturated heterocycles. The second kappa shape index (κ2) is 8.57. The summed E-state index contributed by atoms with van der Waals surface area (Å²) in [4.78, 5) is 37.8. The highest BCUT2D eigenvalue weighted by atomic mass is 16.5. The minimum absolute atomic E-state index is 0.0262. The Morgan fingerprint density at radius 3 is 2.54 bits per heavy atom. The van der Waals surface area contributed by atoms with Gasteiger partial charge in [0.15, 0.2) is 5.96 Å². The zero-order valence-electron chi connectivity index (χ0n) is 22.5. The van der Waals surface area contributed by atoms with Crippen LogP contribution in [-0.4, -0.2) is 38.8 Å². The second-order valence-electron chi connectivity index (χ2n) is 12.4. The van der Waals surface area contributed by atoms with Crippen molar-refractivity contribution in [2.24, 2.45) is 28.0 Å². The number of nitrogens with zero attached hydrogens (tertiary/aromatic N) is 3. The van der Waals surface area contributed by atoms with Gasteiger partial charge < -0.3 is 15.8 Å². The van der Waals surface area contributed by atoms with Crippen molar-refractivity contribution < 1.29 is 14.3 Å². The molecule has 2 amide bonds. The van der Waals surface area contributed by atoms with Gasteiger partial charge in [-0.15, -0.1) is 0 Å². The van der Waals surface area contributed by atoms with Gasteiger partial charge in [-0.1, -0.05) is 38.1 Å². The Balaban J connectivity index is 1.47. The van der Waals surface area contributed by atoms with Crippen molar-refractivity contribution in [3.8, 4) is 5.75 Å². The molecule has 3 N–H and O–H groups in total. The Kier molecular flexibility index (Phi) is 5.84. The number of guanidine groups is 1. The molecular weight excluding hydrogens is 466 g/mol. The SMILES string of the molecule is CC1(C)CC(=O)N([C@H](c2cccnc2)[C@@H]2[C@@H](C(=O)N[C@H]3CC(C)(C)Oc4ccccc43)C2(C)C)C(N)=N1. The molecule has 1 aromatic carbocycles. The zero-order chi connectivity index (χ0) is 26.8.